The maximum absolute atomic E-state index is 12.9. The van der Waals surface area contributed by atoms with Gasteiger partial charge >= 0.3 is 0 Å². The fraction of sp³-hybridized carbons (Fsp3) is 0.538. The summed E-state index contributed by atoms with van der Waals surface area (Å²) in [6.45, 7) is 1.42. The van der Waals surface area contributed by atoms with E-state index in [2.05, 4.69) is 5.32 Å². The van der Waals surface area contributed by atoms with Gasteiger partial charge in [-0.05, 0) is 24.6 Å². The predicted octanol–water partition coefficient (Wildman–Crippen LogP) is 2.25. The lowest BCUT2D eigenvalue weighted by atomic mass is 9.95. The summed E-state index contributed by atoms with van der Waals surface area (Å²) in [5.41, 5.74) is 1.67. The van der Waals surface area contributed by atoms with Crippen LogP contribution in [-0.4, -0.2) is 27.3 Å². The van der Waals surface area contributed by atoms with Crippen molar-refractivity contribution in [1.82, 2.24) is 5.32 Å². The highest BCUT2D eigenvalue weighted by Gasteiger charge is 2.22. The maximum Gasteiger partial charge on any atom is 0.128 e. The van der Waals surface area contributed by atoms with E-state index in [0.717, 1.165) is 30.8 Å². The summed E-state index contributed by atoms with van der Waals surface area (Å²) in [5, 5.41) is 3.31. The molecule has 1 aliphatic heterocycles. The average molecular weight is 239 g/mol. The monoisotopic (exact) mass is 239 g/mol. The number of hydrogen-bond acceptors (Lipinski definition) is 3. The highest BCUT2D eigenvalue weighted by molar-refractivity contribution is 5.48. The molecule has 1 aromatic rings. The van der Waals surface area contributed by atoms with Gasteiger partial charge in [-0.15, -0.1) is 0 Å². The van der Waals surface area contributed by atoms with Gasteiger partial charge in [-0.3, -0.25) is 0 Å². The molecule has 1 unspecified atom stereocenters. The van der Waals surface area contributed by atoms with E-state index >= 15 is 0 Å². The first-order valence-corrected chi connectivity index (χ1v) is 5.81. The van der Waals surface area contributed by atoms with Crippen LogP contribution in [0.4, 0.5) is 4.39 Å². The van der Waals surface area contributed by atoms with Crippen LogP contribution in [-0.2, 0) is 6.67 Å². The summed E-state index contributed by atoms with van der Waals surface area (Å²) in [4.78, 5) is 0. The second-order valence-electron chi connectivity index (χ2n) is 4.23. The summed E-state index contributed by atoms with van der Waals surface area (Å²) >= 11 is 0. The van der Waals surface area contributed by atoms with Gasteiger partial charge in [0, 0.05) is 24.1 Å². The Morgan fingerprint density at radius 1 is 1.29 bits per heavy atom. The molecule has 0 bridgehead atoms. The summed E-state index contributed by atoms with van der Waals surface area (Å²) in [7, 11) is 3.18. The molecule has 0 aromatic heterocycles. The molecule has 1 aliphatic rings. The summed E-state index contributed by atoms with van der Waals surface area (Å²) < 4.78 is 23.5. The molecular weight excluding hydrogens is 221 g/mol. The van der Waals surface area contributed by atoms with Gasteiger partial charge in [-0.2, -0.15) is 0 Å². The molecule has 4 heteroatoms. The molecule has 1 atom stereocenters. The second kappa shape index (κ2) is 5.36. The van der Waals surface area contributed by atoms with Gasteiger partial charge in [0.15, 0.2) is 0 Å². The van der Waals surface area contributed by atoms with Crippen molar-refractivity contribution in [2.75, 3.05) is 27.3 Å². The molecule has 3 nitrogen and oxygen atoms in total. The Kier molecular flexibility index (Phi) is 3.84. The standard InChI is InChI=1S/C13H18FNO2/c1-16-12-6-13(17-2)11(5-10(12)7-14)9-3-4-15-8-9/h5-6,9,15H,3-4,7-8H2,1-2H3. The van der Waals surface area contributed by atoms with E-state index in [-0.39, 0.29) is 0 Å². The smallest absolute Gasteiger partial charge is 0.128 e. The molecule has 0 saturated carbocycles. The van der Waals surface area contributed by atoms with Crippen molar-refractivity contribution < 1.29 is 13.9 Å². The highest BCUT2D eigenvalue weighted by atomic mass is 19.1. The topological polar surface area (TPSA) is 30.5 Å². The van der Waals surface area contributed by atoms with Crippen LogP contribution in [0.15, 0.2) is 12.1 Å². The van der Waals surface area contributed by atoms with Crippen LogP contribution >= 0.6 is 0 Å². The minimum atomic E-state index is -0.514. The number of ether oxygens (including phenoxy) is 2. The van der Waals surface area contributed by atoms with Crippen LogP contribution in [0, 0.1) is 0 Å². The highest BCUT2D eigenvalue weighted by Crippen LogP contribution is 2.36. The van der Waals surface area contributed by atoms with E-state index in [4.69, 9.17) is 9.47 Å². The molecule has 17 heavy (non-hydrogen) atoms. The Balaban J connectivity index is 2.41. The normalized spacial score (nSPS) is 19.4. The van der Waals surface area contributed by atoms with Crippen molar-refractivity contribution in [3.63, 3.8) is 0 Å². The molecule has 0 radical (unpaired) electrons. The number of rotatable bonds is 4. The van der Waals surface area contributed by atoms with Crippen molar-refractivity contribution in [3.8, 4) is 11.5 Å². The van der Waals surface area contributed by atoms with Crippen LogP contribution in [0.25, 0.3) is 0 Å². The molecule has 2 rings (SSSR count). The molecule has 1 fully saturated rings. The number of nitrogens with one attached hydrogen (secondary N) is 1. The SMILES string of the molecule is COc1cc(OC)c(C2CCNC2)cc1CF. The van der Waals surface area contributed by atoms with Crippen molar-refractivity contribution in [2.24, 2.45) is 0 Å². The van der Waals surface area contributed by atoms with Gasteiger partial charge in [0.1, 0.15) is 18.2 Å². The third kappa shape index (κ3) is 2.36. The van der Waals surface area contributed by atoms with E-state index in [1.807, 2.05) is 6.07 Å². The Hall–Kier alpha value is -1.29. The van der Waals surface area contributed by atoms with Gasteiger partial charge in [0.2, 0.25) is 0 Å². The minimum absolute atomic E-state index is 0.404. The Morgan fingerprint density at radius 3 is 2.59 bits per heavy atom. The third-order valence-electron chi connectivity index (χ3n) is 3.28. The van der Waals surface area contributed by atoms with Crippen molar-refractivity contribution >= 4 is 0 Å². The first kappa shape index (κ1) is 12.2. The fourth-order valence-electron chi connectivity index (χ4n) is 2.34. The van der Waals surface area contributed by atoms with Crippen molar-refractivity contribution in [1.29, 1.82) is 0 Å². The van der Waals surface area contributed by atoms with Gasteiger partial charge in [0.25, 0.3) is 0 Å². The van der Waals surface area contributed by atoms with Crippen LogP contribution in [0.5, 0.6) is 11.5 Å². The third-order valence-corrected chi connectivity index (χ3v) is 3.28. The van der Waals surface area contributed by atoms with E-state index in [9.17, 15) is 4.39 Å². The molecule has 0 aliphatic carbocycles. The summed E-state index contributed by atoms with van der Waals surface area (Å²) in [6.07, 6.45) is 1.06. The number of alkyl halides is 1. The zero-order chi connectivity index (χ0) is 12.3. The number of benzene rings is 1. The molecule has 0 amide bonds. The average Bonchev–Trinajstić information content (AvgIpc) is 2.90. The maximum atomic E-state index is 12.9. The van der Waals surface area contributed by atoms with Crippen LogP contribution in [0.2, 0.25) is 0 Å². The molecule has 1 heterocycles. The Bertz CT molecular complexity index is 389. The number of halogens is 1. The van der Waals surface area contributed by atoms with Crippen molar-refractivity contribution in [2.45, 2.75) is 19.0 Å². The lowest BCUT2D eigenvalue weighted by molar-refractivity contribution is 0.377. The fourth-order valence-corrected chi connectivity index (χ4v) is 2.34. The molecule has 1 N–H and O–H groups in total. The number of hydrogen-bond donors (Lipinski definition) is 1. The van der Waals surface area contributed by atoms with Gasteiger partial charge < -0.3 is 14.8 Å². The molecule has 1 saturated heterocycles. The largest absolute Gasteiger partial charge is 0.496 e. The van der Waals surface area contributed by atoms with E-state index in [1.54, 1.807) is 20.3 Å². The Labute approximate surface area is 101 Å². The molecule has 0 spiro atoms. The zero-order valence-corrected chi connectivity index (χ0v) is 10.3. The van der Waals surface area contributed by atoms with Crippen LogP contribution < -0.4 is 14.8 Å². The lowest BCUT2D eigenvalue weighted by Crippen LogP contribution is -2.09. The molecular formula is C13H18FNO2. The second-order valence-corrected chi connectivity index (χ2v) is 4.23. The summed E-state index contributed by atoms with van der Waals surface area (Å²) in [5.74, 6) is 1.74. The Morgan fingerprint density at radius 2 is 2.06 bits per heavy atom. The quantitative estimate of drug-likeness (QED) is 0.874. The zero-order valence-electron chi connectivity index (χ0n) is 10.3. The van der Waals surface area contributed by atoms with E-state index < -0.39 is 6.67 Å². The van der Waals surface area contributed by atoms with Gasteiger partial charge in [-0.1, -0.05) is 0 Å². The van der Waals surface area contributed by atoms with E-state index in [1.165, 1.54) is 0 Å². The van der Waals surface area contributed by atoms with Gasteiger partial charge in [-0.25, -0.2) is 4.39 Å². The minimum Gasteiger partial charge on any atom is -0.496 e. The van der Waals surface area contributed by atoms with Crippen LogP contribution in [0.1, 0.15) is 23.5 Å². The number of methoxy groups -OCH3 is 2. The first-order chi connectivity index (χ1) is 8.30. The summed E-state index contributed by atoms with van der Waals surface area (Å²) in [6, 6.07) is 3.65. The van der Waals surface area contributed by atoms with Crippen molar-refractivity contribution in [3.05, 3.63) is 23.3 Å². The first-order valence-electron chi connectivity index (χ1n) is 5.81. The van der Waals surface area contributed by atoms with Gasteiger partial charge in [0.05, 0.1) is 14.2 Å². The molecule has 94 valence electrons. The predicted molar refractivity (Wildman–Crippen MR) is 64.6 cm³/mol. The van der Waals surface area contributed by atoms with E-state index in [0.29, 0.717) is 17.2 Å². The lowest BCUT2D eigenvalue weighted by Gasteiger charge is -2.17. The molecule has 1 aromatic carbocycles. The van der Waals surface area contributed by atoms with Crippen LogP contribution in [0.3, 0.4) is 0 Å².